The first kappa shape index (κ1) is 24.3. The Hall–Kier alpha value is -1.71. The van der Waals surface area contributed by atoms with Crippen LogP contribution in [-0.4, -0.2) is 26.3 Å². The molecule has 4 nitrogen and oxygen atoms in total. The zero-order valence-electron chi connectivity index (χ0n) is 18.6. The van der Waals surface area contributed by atoms with Crippen molar-refractivity contribution < 1.29 is 19.0 Å². The molecule has 1 rings (SSSR count). The molecular formula is C24H40O4. The lowest BCUT2D eigenvalue weighted by molar-refractivity contribution is 0.0594. The van der Waals surface area contributed by atoms with E-state index in [1.165, 1.54) is 39.2 Å². The van der Waals surface area contributed by atoms with E-state index in [0.29, 0.717) is 36.4 Å². The molecule has 0 saturated heterocycles. The van der Waals surface area contributed by atoms with Crippen LogP contribution in [0.15, 0.2) is 18.2 Å². The highest BCUT2D eigenvalue weighted by Crippen LogP contribution is 2.28. The highest BCUT2D eigenvalue weighted by molar-refractivity contribution is 5.92. The third-order valence-corrected chi connectivity index (χ3v) is 5.41. The number of rotatable bonds is 15. The fourth-order valence-electron chi connectivity index (χ4n) is 3.21. The largest absolute Gasteiger partial charge is 0.493 e. The van der Waals surface area contributed by atoms with Crippen LogP contribution in [0.25, 0.3) is 0 Å². The number of carbonyl (C=O) groups excluding carboxylic acids is 1. The van der Waals surface area contributed by atoms with E-state index in [-0.39, 0.29) is 5.97 Å². The summed E-state index contributed by atoms with van der Waals surface area (Å²) in [7, 11) is 1.40. The van der Waals surface area contributed by atoms with Crippen LogP contribution in [0.2, 0.25) is 0 Å². The molecule has 0 bridgehead atoms. The van der Waals surface area contributed by atoms with Gasteiger partial charge < -0.3 is 14.2 Å². The second-order valence-electron chi connectivity index (χ2n) is 7.60. The molecule has 28 heavy (non-hydrogen) atoms. The van der Waals surface area contributed by atoms with Gasteiger partial charge >= 0.3 is 5.97 Å². The molecule has 160 valence electrons. The summed E-state index contributed by atoms with van der Waals surface area (Å²) in [6.07, 6.45) is 9.33. The molecule has 0 saturated carbocycles. The molecule has 0 spiro atoms. The molecule has 0 fully saturated rings. The van der Waals surface area contributed by atoms with Gasteiger partial charge in [-0.25, -0.2) is 4.79 Å². The summed E-state index contributed by atoms with van der Waals surface area (Å²) in [5.41, 5.74) is 0.457. The molecule has 2 unspecified atom stereocenters. The Bertz CT molecular complexity index is 556. The average Bonchev–Trinajstić information content (AvgIpc) is 2.73. The molecule has 0 aliphatic heterocycles. The smallest absolute Gasteiger partial charge is 0.341 e. The zero-order valence-corrected chi connectivity index (χ0v) is 18.6. The molecule has 0 N–H and O–H groups in total. The van der Waals surface area contributed by atoms with Crippen LogP contribution in [0, 0.1) is 11.8 Å². The quantitative estimate of drug-likeness (QED) is 0.313. The predicted molar refractivity (Wildman–Crippen MR) is 115 cm³/mol. The van der Waals surface area contributed by atoms with Crippen LogP contribution in [0.4, 0.5) is 0 Å². The van der Waals surface area contributed by atoms with Crippen LogP contribution in [0.1, 0.15) is 89.4 Å². The maximum Gasteiger partial charge on any atom is 0.341 e. The van der Waals surface area contributed by atoms with Gasteiger partial charge in [-0.05, 0) is 36.8 Å². The number of benzene rings is 1. The van der Waals surface area contributed by atoms with E-state index in [1.54, 1.807) is 6.07 Å². The minimum atomic E-state index is -0.377. The van der Waals surface area contributed by atoms with Gasteiger partial charge in [0.25, 0.3) is 0 Å². The SMILES string of the molecule is CCCCC(CC)COc1ccc(C(=O)OC)c(OCC(CC)CCCC)c1. The number of hydrogen-bond donors (Lipinski definition) is 0. The lowest BCUT2D eigenvalue weighted by atomic mass is 10.0. The van der Waals surface area contributed by atoms with Crippen molar-refractivity contribution in [3.8, 4) is 11.5 Å². The molecule has 0 amide bonds. The molecule has 0 aliphatic rings. The Morgan fingerprint density at radius 3 is 1.96 bits per heavy atom. The van der Waals surface area contributed by atoms with Gasteiger partial charge in [0.2, 0.25) is 0 Å². The summed E-state index contributed by atoms with van der Waals surface area (Å²) in [6.45, 7) is 10.1. The Morgan fingerprint density at radius 2 is 1.46 bits per heavy atom. The van der Waals surface area contributed by atoms with Crippen molar-refractivity contribution in [2.24, 2.45) is 11.8 Å². The van der Waals surface area contributed by atoms with Gasteiger partial charge in [0.05, 0.1) is 20.3 Å². The molecule has 4 heteroatoms. The first-order chi connectivity index (χ1) is 13.6. The highest BCUT2D eigenvalue weighted by Gasteiger charge is 2.17. The summed E-state index contributed by atoms with van der Waals surface area (Å²) >= 11 is 0. The molecule has 1 aromatic rings. The van der Waals surface area contributed by atoms with Gasteiger partial charge in [-0.1, -0.05) is 66.2 Å². The van der Waals surface area contributed by atoms with Crippen molar-refractivity contribution in [3.05, 3.63) is 23.8 Å². The summed E-state index contributed by atoms with van der Waals surface area (Å²) in [5.74, 6) is 1.98. The van der Waals surface area contributed by atoms with Crippen LogP contribution in [0.3, 0.4) is 0 Å². The number of unbranched alkanes of at least 4 members (excludes halogenated alkanes) is 2. The summed E-state index contributed by atoms with van der Waals surface area (Å²) in [4.78, 5) is 12.1. The molecule has 0 radical (unpaired) electrons. The second-order valence-corrected chi connectivity index (χ2v) is 7.60. The number of esters is 1. The molecule has 2 atom stereocenters. The predicted octanol–water partition coefficient (Wildman–Crippen LogP) is 6.66. The molecule has 1 aromatic carbocycles. The summed E-state index contributed by atoms with van der Waals surface area (Å²) in [5, 5.41) is 0. The van der Waals surface area contributed by atoms with Gasteiger partial charge in [0.1, 0.15) is 17.1 Å². The number of carbonyl (C=O) groups is 1. The molecule has 0 aliphatic carbocycles. The Labute approximate surface area is 172 Å². The van der Waals surface area contributed by atoms with Crippen LogP contribution < -0.4 is 9.47 Å². The Morgan fingerprint density at radius 1 is 0.893 bits per heavy atom. The fraction of sp³-hybridized carbons (Fsp3) is 0.708. The minimum absolute atomic E-state index is 0.377. The van der Waals surface area contributed by atoms with Crippen molar-refractivity contribution in [1.29, 1.82) is 0 Å². The maximum atomic E-state index is 12.1. The van der Waals surface area contributed by atoms with Crippen LogP contribution in [0.5, 0.6) is 11.5 Å². The first-order valence-electron chi connectivity index (χ1n) is 11.1. The van der Waals surface area contributed by atoms with Crippen molar-refractivity contribution >= 4 is 5.97 Å². The number of methoxy groups -OCH3 is 1. The normalized spacial score (nSPS) is 13.0. The first-order valence-corrected chi connectivity index (χ1v) is 11.1. The zero-order chi connectivity index (χ0) is 20.8. The van der Waals surface area contributed by atoms with E-state index in [2.05, 4.69) is 27.7 Å². The topological polar surface area (TPSA) is 44.8 Å². The van der Waals surface area contributed by atoms with E-state index in [0.717, 1.165) is 25.0 Å². The summed E-state index contributed by atoms with van der Waals surface area (Å²) < 4.78 is 17.0. The van der Waals surface area contributed by atoms with Gasteiger partial charge in [0.15, 0.2) is 0 Å². The standard InChI is InChI=1S/C24H40O4/c1-6-10-12-19(8-3)17-27-21-14-15-22(24(25)26-5)23(16-21)28-18-20(9-4)13-11-7-2/h14-16,19-20H,6-13,17-18H2,1-5H3. The highest BCUT2D eigenvalue weighted by atomic mass is 16.5. The lowest BCUT2D eigenvalue weighted by Gasteiger charge is -2.19. The summed E-state index contributed by atoms with van der Waals surface area (Å²) in [6, 6.07) is 5.42. The van der Waals surface area contributed by atoms with Crippen molar-refractivity contribution in [3.63, 3.8) is 0 Å². The molecule has 0 aromatic heterocycles. The van der Waals surface area contributed by atoms with Gasteiger partial charge in [-0.2, -0.15) is 0 Å². The third-order valence-electron chi connectivity index (χ3n) is 5.41. The minimum Gasteiger partial charge on any atom is -0.493 e. The Balaban J connectivity index is 2.83. The van der Waals surface area contributed by atoms with Crippen LogP contribution >= 0.6 is 0 Å². The van der Waals surface area contributed by atoms with Crippen molar-refractivity contribution in [2.45, 2.75) is 79.1 Å². The van der Waals surface area contributed by atoms with Crippen molar-refractivity contribution in [2.75, 3.05) is 20.3 Å². The van der Waals surface area contributed by atoms with E-state index in [4.69, 9.17) is 14.2 Å². The van der Waals surface area contributed by atoms with Gasteiger partial charge in [0, 0.05) is 6.07 Å². The maximum absolute atomic E-state index is 12.1. The lowest BCUT2D eigenvalue weighted by Crippen LogP contribution is -2.14. The Kier molecular flexibility index (Phi) is 12.4. The van der Waals surface area contributed by atoms with Crippen molar-refractivity contribution in [1.82, 2.24) is 0 Å². The van der Waals surface area contributed by atoms with E-state index in [1.807, 2.05) is 12.1 Å². The van der Waals surface area contributed by atoms with Gasteiger partial charge in [-0.15, -0.1) is 0 Å². The molecule has 0 heterocycles. The van der Waals surface area contributed by atoms with E-state index < -0.39 is 0 Å². The van der Waals surface area contributed by atoms with E-state index in [9.17, 15) is 4.79 Å². The number of ether oxygens (including phenoxy) is 3. The van der Waals surface area contributed by atoms with Gasteiger partial charge in [-0.3, -0.25) is 0 Å². The molecular weight excluding hydrogens is 352 g/mol. The van der Waals surface area contributed by atoms with E-state index >= 15 is 0 Å². The van der Waals surface area contributed by atoms with Crippen LogP contribution in [-0.2, 0) is 4.74 Å². The average molecular weight is 393 g/mol. The fourth-order valence-corrected chi connectivity index (χ4v) is 3.21. The third kappa shape index (κ3) is 8.53. The monoisotopic (exact) mass is 392 g/mol. The second kappa shape index (κ2) is 14.3. The number of hydrogen-bond acceptors (Lipinski definition) is 4.